The summed E-state index contributed by atoms with van der Waals surface area (Å²) in [5.41, 5.74) is 1.09. The molecule has 0 aliphatic rings. The molecule has 0 saturated carbocycles. The van der Waals surface area contributed by atoms with Crippen LogP contribution in [0.1, 0.15) is 25.5 Å². The highest BCUT2D eigenvalue weighted by molar-refractivity contribution is 7.99. The van der Waals surface area contributed by atoms with Gasteiger partial charge in [-0.1, -0.05) is 42.1 Å². The second-order valence-electron chi connectivity index (χ2n) is 4.67. The lowest BCUT2D eigenvalue weighted by Crippen LogP contribution is -2.24. The van der Waals surface area contributed by atoms with Crippen molar-refractivity contribution in [3.8, 4) is 0 Å². The zero-order chi connectivity index (χ0) is 14.4. The minimum Gasteiger partial charge on any atom is -0.351 e. The van der Waals surface area contributed by atoms with Gasteiger partial charge in [0.15, 0.2) is 5.16 Å². The van der Waals surface area contributed by atoms with Crippen molar-refractivity contribution < 1.29 is 4.79 Å². The summed E-state index contributed by atoms with van der Waals surface area (Å²) in [5, 5.41) is 11.6. The lowest BCUT2D eigenvalue weighted by Gasteiger charge is -2.09. The molecule has 1 aromatic heterocycles. The van der Waals surface area contributed by atoms with Crippen LogP contribution in [0.4, 0.5) is 0 Å². The van der Waals surface area contributed by atoms with Crippen LogP contribution in [0.5, 0.6) is 0 Å². The number of nitrogens with zero attached hydrogens (tertiary/aromatic N) is 3. The largest absolute Gasteiger partial charge is 0.351 e. The third-order valence-electron chi connectivity index (χ3n) is 2.76. The molecule has 1 amide bonds. The van der Waals surface area contributed by atoms with Crippen LogP contribution >= 0.6 is 11.8 Å². The molecule has 2 aromatic rings. The number of carbonyl (C=O) groups is 1. The molecular weight excluding hydrogens is 272 g/mol. The maximum atomic E-state index is 11.8. The number of hydrogen-bond acceptors (Lipinski definition) is 4. The molecule has 5 nitrogen and oxygen atoms in total. The molecule has 1 aromatic carbocycles. The van der Waals surface area contributed by atoms with E-state index in [1.807, 2.05) is 34.9 Å². The quantitative estimate of drug-likeness (QED) is 0.829. The Morgan fingerprint density at radius 2 is 2.10 bits per heavy atom. The zero-order valence-electron chi connectivity index (χ0n) is 11.6. The fourth-order valence-corrected chi connectivity index (χ4v) is 2.54. The lowest BCUT2D eigenvalue weighted by molar-refractivity contribution is -0.118. The number of aromatic nitrogens is 3. The summed E-state index contributed by atoms with van der Waals surface area (Å²) in [5.74, 6) is 0.343. The minimum absolute atomic E-state index is 0.00263. The van der Waals surface area contributed by atoms with Gasteiger partial charge in [0.2, 0.25) is 5.91 Å². The first-order chi connectivity index (χ1) is 9.66. The van der Waals surface area contributed by atoms with Crippen molar-refractivity contribution >= 4 is 17.7 Å². The van der Waals surface area contributed by atoms with Gasteiger partial charge in [-0.3, -0.25) is 4.79 Å². The first-order valence-corrected chi connectivity index (χ1v) is 7.48. The highest BCUT2D eigenvalue weighted by atomic mass is 32.2. The number of carbonyl (C=O) groups excluding carboxylic acids is 1. The Labute approximate surface area is 122 Å². The molecule has 0 aliphatic carbocycles. The SMILES string of the molecule is CC(C)n1cnnc1SCC(=O)NCc1ccccc1. The molecule has 0 saturated heterocycles. The minimum atomic E-state index is -0.00263. The van der Waals surface area contributed by atoms with Crippen LogP contribution in [-0.4, -0.2) is 26.4 Å². The summed E-state index contributed by atoms with van der Waals surface area (Å²) in [6, 6.07) is 10.1. The second kappa shape index (κ2) is 7.09. The van der Waals surface area contributed by atoms with Crippen LogP contribution in [0.2, 0.25) is 0 Å². The van der Waals surface area contributed by atoms with Gasteiger partial charge in [0.25, 0.3) is 0 Å². The Hall–Kier alpha value is -1.82. The van der Waals surface area contributed by atoms with E-state index in [1.54, 1.807) is 6.33 Å². The summed E-state index contributed by atoms with van der Waals surface area (Å²) in [6.45, 7) is 4.67. The fraction of sp³-hybridized carbons (Fsp3) is 0.357. The number of benzene rings is 1. The summed E-state index contributed by atoms with van der Waals surface area (Å²) in [6.07, 6.45) is 1.69. The van der Waals surface area contributed by atoms with E-state index in [0.717, 1.165) is 10.7 Å². The van der Waals surface area contributed by atoms with Crippen molar-refractivity contribution in [1.29, 1.82) is 0 Å². The third-order valence-corrected chi connectivity index (χ3v) is 3.72. The molecule has 0 aliphatic heterocycles. The molecule has 0 spiro atoms. The van der Waals surface area contributed by atoms with E-state index in [2.05, 4.69) is 29.4 Å². The normalized spacial score (nSPS) is 10.8. The maximum absolute atomic E-state index is 11.8. The Morgan fingerprint density at radius 1 is 1.35 bits per heavy atom. The molecule has 1 N–H and O–H groups in total. The van der Waals surface area contributed by atoms with Crippen molar-refractivity contribution in [2.45, 2.75) is 31.6 Å². The molecule has 6 heteroatoms. The maximum Gasteiger partial charge on any atom is 0.230 e. The zero-order valence-corrected chi connectivity index (χ0v) is 12.4. The third kappa shape index (κ3) is 4.09. The van der Waals surface area contributed by atoms with Crippen LogP contribution in [0.25, 0.3) is 0 Å². The highest BCUT2D eigenvalue weighted by Crippen LogP contribution is 2.18. The summed E-state index contributed by atoms with van der Waals surface area (Å²) in [4.78, 5) is 11.8. The van der Waals surface area contributed by atoms with Gasteiger partial charge >= 0.3 is 0 Å². The van der Waals surface area contributed by atoms with E-state index >= 15 is 0 Å². The van der Waals surface area contributed by atoms with E-state index < -0.39 is 0 Å². The van der Waals surface area contributed by atoms with Crippen LogP contribution in [0.15, 0.2) is 41.8 Å². The van der Waals surface area contributed by atoms with Gasteiger partial charge in [-0.25, -0.2) is 0 Å². The molecule has 0 atom stereocenters. The number of nitrogens with one attached hydrogen (secondary N) is 1. The Kier molecular flexibility index (Phi) is 5.17. The van der Waals surface area contributed by atoms with E-state index in [-0.39, 0.29) is 5.91 Å². The van der Waals surface area contributed by atoms with E-state index in [0.29, 0.717) is 18.3 Å². The van der Waals surface area contributed by atoms with Gasteiger partial charge in [0.05, 0.1) is 5.75 Å². The van der Waals surface area contributed by atoms with Gasteiger partial charge in [-0.2, -0.15) is 0 Å². The van der Waals surface area contributed by atoms with Crippen molar-refractivity contribution in [2.24, 2.45) is 0 Å². The molecular formula is C14H18N4OS. The Balaban J connectivity index is 1.79. The van der Waals surface area contributed by atoms with Crippen LogP contribution < -0.4 is 5.32 Å². The predicted octanol–water partition coefficient (Wildman–Crippen LogP) is 2.27. The van der Waals surface area contributed by atoms with Crippen LogP contribution in [0.3, 0.4) is 0 Å². The van der Waals surface area contributed by atoms with Crippen molar-refractivity contribution in [2.75, 3.05) is 5.75 Å². The van der Waals surface area contributed by atoms with Crippen LogP contribution in [-0.2, 0) is 11.3 Å². The van der Waals surface area contributed by atoms with Crippen LogP contribution in [0, 0.1) is 0 Å². The van der Waals surface area contributed by atoms with Gasteiger partial charge in [-0.15, -0.1) is 10.2 Å². The number of rotatable bonds is 6. The van der Waals surface area contributed by atoms with E-state index in [1.165, 1.54) is 11.8 Å². The average molecular weight is 290 g/mol. The summed E-state index contributed by atoms with van der Waals surface area (Å²) in [7, 11) is 0. The second-order valence-corrected chi connectivity index (χ2v) is 5.61. The average Bonchev–Trinajstić information content (AvgIpc) is 2.92. The fourth-order valence-electron chi connectivity index (χ4n) is 1.67. The van der Waals surface area contributed by atoms with E-state index in [4.69, 9.17) is 0 Å². The summed E-state index contributed by atoms with van der Waals surface area (Å²) >= 11 is 1.40. The number of hydrogen-bond donors (Lipinski definition) is 1. The molecule has 0 unspecified atom stereocenters. The number of amides is 1. The number of thioether (sulfide) groups is 1. The van der Waals surface area contributed by atoms with Gasteiger partial charge < -0.3 is 9.88 Å². The Morgan fingerprint density at radius 3 is 2.80 bits per heavy atom. The highest BCUT2D eigenvalue weighted by Gasteiger charge is 2.10. The molecule has 106 valence electrons. The molecule has 0 radical (unpaired) electrons. The monoisotopic (exact) mass is 290 g/mol. The van der Waals surface area contributed by atoms with Crippen molar-refractivity contribution in [3.63, 3.8) is 0 Å². The molecule has 2 rings (SSSR count). The van der Waals surface area contributed by atoms with Gasteiger partial charge in [-0.05, 0) is 19.4 Å². The van der Waals surface area contributed by atoms with Gasteiger partial charge in [0, 0.05) is 12.6 Å². The Bertz CT molecular complexity index is 553. The van der Waals surface area contributed by atoms with E-state index in [9.17, 15) is 4.79 Å². The topological polar surface area (TPSA) is 59.8 Å². The first kappa shape index (κ1) is 14.6. The molecule has 0 bridgehead atoms. The molecule has 20 heavy (non-hydrogen) atoms. The standard InChI is InChI=1S/C14H18N4OS/c1-11(2)18-10-16-17-14(18)20-9-13(19)15-8-12-6-4-3-5-7-12/h3-7,10-11H,8-9H2,1-2H3,(H,15,19). The first-order valence-electron chi connectivity index (χ1n) is 6.49. The molecule has 1 heterocycles. The van der Waals surface area contributed by atoms with Crippen molar-refractivity contribution in [3.05, 3.63) is 42.2 Å². The smallest absolute Gasteiger partial charge is 0.230 e. The van der Waals surface area contributed by atoms with Crippen molar-refractivity contribution in [1.82, 2.24) is 20.1 Å². The lowest BCUT2D eigenvalue weighted by atomic mass is 10.2. The predicted molar refractivity (Wildman–Crippen MR) is 79.4 cm³/mol. The summed E-state index contributed by atoms with van der Waals surface area (Å²) < 4.78 is 1.95. The molecule has 0 fully saturated rings. The van der Waals surface area contributed by atoms with Gasteiger partial charge in [0.1, 0.15) is 6.33 Å².